The number of hydrogen-bond acceptors (Lipinski definition) is 5. The Balaban J connectivity index is 1.57. The summed E-state index contributed by atoms with van der Waals surface area (Å²) in [5.74, 6) is 0.691. The molecule has 1 unspecified atom stereocenters. The highest BCUT2D eigenvalue weighted by molar-refractivity contribution is 5.79. The van der Waals surface area contributed by atoms with E-state index in [1.54, 1.807) is 17.1 Å². The number of aliphatic hydroxyl groups is 1. The number of likely N-dealkylation sites (tertiary alicyclic amines) is 1. The van der Waals surface area contributed by atoms with Crippen LogP contribution >= 0.6 is 0 Å². The summed E-state index contributed by atoms with van der Waals surface area (Å²) in [5, 5.41) is 18.6. The van der Waals surface area contributed by atoms with Gasteiger partial charge in [0.25, 0.3) is 0 Å². The molecule has 24 heavy (non-hydrogen) atoms. The van der Waals surface area contributed by atoms with E-state index in [2.05, 4.69) is 34.0 Å². The maximum Gasteiger partial charge on any atom is 0.237 e. The lowest BCUT2D eigenvalue weighted by Gasteiger charge is -2.39. The fourth-order valence-corrected chi connectivity index (χ4v) is 3.60. The largest absolute Gasteiger partial charge is 0.387 e. The molecule has 0 radical (unpaired) electrons. The molecule has 1 N–H and O–H groups in total. The molecule has 1 aliphatic carbocycles. The van der Waals surface area contributed by atoms with Gasteiger partial charge in [0.05, 0.1) is 24.9 Å². The predicted molar refractivity (Wildman–Crippen MR) is 90.2 cm³/mol. The molecule has 7 nitrogen and oxygen atoms in total. The highest BCUT2D eigenvalue weighted by Gasteiger charge is 2.37. The number of hydrogen-bond donors (Lipinski definition) is 1. The third-order valence-electron chi connectivity index (χ3n) is 4.79. The Hall–Kier alpha value is -1.47. The first-order valence-corrected chi connectivity index (χ1v) is 9.03. The Morgan fingerprint density at radius 3 is 2.88 bits per heavy atom. The smallest absolute Gasteiger partial charge is 0.237 e. The Labute approximate surface area is 143 Å². The highest BCUT2D eigenvalue weighted by Crippen LogP contribution is 2.28. The molecular formula is C17H29N5O2. The van der Waals surface area contributed by atoms with Crippen LogP contribution in [0.5, 0.6) is 0 Å². The minimum absolute atomic E-state index is 0.205. The van der Waals surface area contributed by atoms with Crippen LogP contribution in [0.1, 0.15) is 39.5 Å². The van der Waals surface area contributed by atoms with Crippen molar-refractivity contribution in [1.82, 2.24) is 24.8 Å². The second-order valence-corrected chi connectivity index (χ2v) is 7.81. The van der Waals surface area contributed by atoms with Gasteiger partial charge in [-0.25, -0.2) is 4.68 Å². The molecule has 2 aliphatic rings. The minimum atomic E-state index is -0.839. The topological polar surface area (TPSA) is 74.5 Å². The van der Waals surface area contributed by atoms with Gasteiger partial charge >= 0.3 is 0 Å². The van der Waals surface area contributed by atoms with Crippen LogP contribution in [-0.2, 0) is 11.3 Å². The van der Waals surface area contributed by atoms with Gasteiger partial charge in [-0.15, -0.1) is 5.10 Å². The van der Waals surface area contributed by atoms with Gasteiger partial charge < -0.3 is 10.0 Å². The quantitative estimate of drug-likeness (QED) is 0.796. The van der Waals surface area contributed by atoms with E-state index in [1.165, 1.54) is 0 Å². The minimum Gasteiger partial charge on any atom is -0.387 e. The van der Waals surface area contributed by atoms with Crippen LogP contribution in [0.15, 0.2) is 12.4 Å². The predicted octanol–water partition coefficient (Wildman–Crippen LogP) is 0.752. The molecule has 0 aromatic carbocycles. The fraction of sp³-hybridized carbons (Fsp3) is 0.824. The van der Waals surface area contributed by atoms with Crippen LogP contribution in [0, 0.1) is 5.92 Å². The molecule has 1 saturated carbocycles. The zero-order chi connectivity index (χ0) is 17.2. The van der Waals surface area contributed by atoms with Crippen molar-refractivity contribution in [1.29, 1.82) is 0 Å². The summed E-state index contributed by atoms with van der Waals surface area (Å²) in [6, 6.07) is 0.443. The molecule has 2 heterocycles. The van der Waals surface area contributed by atoms with Gasteiger partial charge in [-0.05, 0) is 38.1 Å². The summed E-state index contributed by atoms with van der Waals surface area (Å²) < 4.78 is 1.67. The number of carbonyl (C=O) groups excluding carboxylic acids is 1. The maximum atomic E-state index is 12.7. The third kappa shape index (κ3) is 4.54. The molecule has 1 aromatic rings. The van der Waals surface area contributed by atoms with E-state index in [1.807, 2.05) is 0 Å². The Morgan fingerprint density at radius 2 is 2.25 bits per heavy atom. The van der Waals surface area contributed by atoms with Crippen molar-refractivity contribution in [3.05, 3.63) is 12.4 Å². The number of nitrogens with zero attached hydrogens (tertiary/aromatic N) is 5. The number of piperidine rings is 1. The van der Waals surface area contributed by atoms with Gasteiger partial charge in [-0.3, -0.25) is 9.69 Å². The number of β-amino-alcohol motifs (C(OH)–C–C–N with tert-alkyl or cyclic N) is 1. The van der Waals surface area contributed by atoms with Crippen molar-refractivity contribution in [3.63, 3.8) is 0 Å². The van der Waals surface area contributed by atoms with E-state index in [-0.39, 0.29) is 5.91 Å². The first kappa shape index (κ1) is 17.4. The molecular weight excluding hydrogens is 306 g/mol. The van der Waals surface area contributed by atoms with Crippen LogP contribution in [0.25, 0.3) is 0 Å². The molecule has 1 atom stereocenters. The van der Waals surface area contributed by atoms with Crippen LogP contribution in [0.4, 0.5) is 0 Å². The lowest BCUT2D eigenvalue weighted by Crippen LogP contribution is -2.53. The van der Waals surface area contributed by atoms with Gasteiger partial charge in [0.1, 0.15) is 0 Å². The van der Waals surface area contributed by atoms with Crippen LogP contribution < -0.4 is 0 Å². The zero-order valence-corrected chi connectivity index (χ0v) is 14.8. The SMILES string of the molecule is CC(C)CN(C(=O)CN1CCCC(O)(Cn2ccnn2)C1)C1CC1. The van der Waals surface area contributed by atoms with E-state index >= 15 is 0 Å². The second kappa shape index (κ2) is 7.19. The maximum absolute atomic E-state index is 12.7. The fourth-order valence-electron chi connectivity index (χ4n) is 3.60. The second-order valence-electron chi connectivity index (χ2n) is 7.81. The average Bonchev–Trinajstić information content (AvgIpc) is 3.22. The van der Waals surface area contributed by atoms with Gasteiger partial charge in [0, 0.05) is 25.3 Å². The molecule has 1 saturated heterocycles. The molecule has 1 amide bonds. The highest BCUT2D eigenvalue weighted by atomic mass is 16.3. The number of amides is 1. The van der Waals surface area contributed by atoms with Gasteiger partial charge in [0.15, 0.2) is 0 Å². The molecule has 3 rings (SSSR count). The lowest BCUT2D eigenvalue weighted by molar-refractivity contribution is -0.135. The van der Waals surface area contributed by atoms with E-state index in [9.17, 15) is 9.90 Å². The lowest BCUT2D eigenvalue weighted by atomic mass is 9.92. The summed E-state index contributed by atoms with van der Waals surface area (Å²) in [6.45, 7) is 7.35. The number of aromatic nitrogens is 3. The number of rotatable bonds is 7. The average molecular weight is 335 g/mol. The van der Waals surface area contributed by atoms with Gasteiger partial charge in [0.2, 0.25) is 5.91 Å². The molecule has 7 heteroatoms. The molecule has 0 spiro atoms. The molecule has 0 bridgehead atoms. The van der Waals surface area contributed by atoms with E-state index in [0.717, 1.165) is 38.8 Å². The van der Waals surface area contributed by atoms with Crippen molar-refractivity contribution >= 4 is 5.91 Å². The van der Waals surface area contributed by atoms with Crippen molar-refractivity contribution in [3.8, 4) is 0 Å². The summed E-state index contributed by atoms with van der Waals surface area (Å²) in [6.07, 6.45) is 7.28. The molecule has 1 aromatic heterocycles. The van der Waals surface area contributed by atoms with Crippen molar-refractivity contribution in [2.45, 2.75) is 57.7 Å². The van der Waals surface area contributed by atoms with Crippen LogP contribution in [0.2, 0.25) is 0 Å². The van der Waals surface area contributed by atoms with Crippen molar-refractivity contribution in [2.75, 3.05) is 26.2 Å². The molecule has 1 aliphatic heterocycles. The number of carbonyl (C=O) groups is 1. The van der Waals surface area contributed by atoms with E-state index in [4.69, 9.17) is 0 Å². The normalized spacial score (nSPS) is 25.2. The van der Waals surface area contributed by atoms with Crippen LogP contribution in [-0.4, -0.2) is 73.6 Å². The standard InChI is InChI=1S/C17H29N5O2/c1-14(2)10-22(15-4-5-15)16(23)11-20-8-3-6-17(24,12-20)13-21-9-7-18-19-21/h7,9,14-15,24H,3-6,8,10-13H2,1-2H3. The summed E-state index contributed by atoms with van der Waals surface area (Å²) in [7, 11) is 0. The Kier molecular flexibility index (Phi) is 5.20. The molecule has 2 fully saturated rings. The van der Waals surface area contributed by atoms with Gasteiger partial charge in [-0.1, -0.05) is 19.1 Å². The first-order chi connectivity index (χ1) is 11.5. The summed E-state index contributed by atoms with van der Waals surface area (Å²) in [5.41, 5.74) is -0.839. The van der Waals surface area contributed by atoms with E-state index in [0.29, 0.717) is 31.6 Å². The third-order valence-corrected chi connectivity index (χ3v) is 4.79. The van der Waals surface area contributed by atoms with Crippen LogP contribution in [0.3, 0.4) is 0 Å². The van der Waals surface area contributed by atoms with Gasteiger partial charge in [-0.2, -0.15) is 0 Å². The Bertz CT molecular complexity index is 543. The zero-order valence-electron chi connectivity index (χ0n) is 14.8. The first-order valence-electron chi connectivity index (χ1n) is 9.03. The van der Waals surface area contributed by atoms with Crippen molar-refractivity contribution < 1.29 is 9.90 Å². The molecule has 134 valence electrons. The summed E-state index contributed by atoms with van der Waals surface area (Å²) >= 11 is 0. The monoisotopic (exact) mass is 335 g/mol. The summed E-state index contributed by atoms with van der Waals surface area (Å²) in [4.78, 5) is 16.9. The van der Waals surface area contributed by atoms with Crippen molar-refractivity contribution in [2.24, 2.45) is 5.92 Å². The van der Waals surface area contributed by atoms with E-state index < -0.39 is 5.60 Å². The Morgan fingerprint density at radius 1 is 1.46 bits per heavy atom.